The second-order valence-electron chi connectivity index (χ2n) is 7.95. The molecule has 0 atom stereocenters. The standard InChI is InChI=1S/C22H28N6O4/c1-3-27-20(24-28(22(27)31)12-13-32-2)16-8-10-25(11-9-16)19(29)14-26-15-23-18-7-5-4-6-17(18)21(26)30/h4-7,15-16H,3,8-14H2,1-2H3. The molecule has 1 fully saturated rings. The van der Waals surface area contributed by atoms with Gasteiger partial charge in [0.1, 0.15) is 12.4 Å². The summed E-state index contributed by atoms with van der Waals surface area (Å²) in [7, 11) is 1.59. The van der Waals surface area contributed by atoms with Crippen LogP contribution in [0.5, 0.6) is 0 Å². The molecule has 3 aromatic rings. The van der Waals surface area contributed by atoms with Crippen molar-refractivity contribution in [1.29, 1.82) is 0 Å². The van der Waals surface area contributed by atoms with E-state index in [1.165, 1.54) is 15.6 Å². The molecular formula is C22H28N6O4. The van der Waals surface area contributed by atoms with Crippen LogP contribution in [0.25, 0.3) is 10.9 Å². The Balaban J connectivity index is 1.43. The van der Waals surface area contributed by atoms with Crippen molar-refractivity contribution < 1.29 is 9.53 Å². The van der Waals surface area contributed by atoms with E-state index in [-0.39, 0.29) is 29.6 Å². The number of rotatable bonds is 7. The van der Waals surface area contributed by atoms with Crippen LogP contribution in [0.2, 0.25) is 0 Å². The maximum atomic E-state index is 12.8. The minimum Gasteiger partial charge on any atom is -0.383 e. The maximum absolute atomic E-state index is 12.8. The molecule has 1 amide bonds. The summed E-state index contributed by atoms with van der Waals surface area (Å²) in [6.45, 7) is 4.41. The van der Waals surface area contributed by atoms with E-state index in [0.717, 1.165) is 18.7 Å². The number of likely N-dealkylation sites (tertiary alicyclic amines) is 1. The van der Waals surface area contributed by atoms with Crippen molar-refractivity contribution in [2.75, 3.05) is 26.8 Å². The van der Waals surface area contributed by atoms with Gasteiger partial charge in [0.05, 0.1) is 30.4 Å². The molecule has 0 unspecified atom stereocenters. The van der Waals surface area contributed by atoms with Crippen LogP contribution in [0.3, 0.4) is 0 Å². The summed E-state index contributed by atoms with van der Waals surface area (Å²) in [6.07, 6.45) is 2.87. The van der Waals surface area contributed by atoms with E-state index >= 15 is 0 Å². The average Bonchev–Trinajstić information content (AvgIpc) is 3.14. The molecule has 10 nitrogen and oxygen atoms in total. The summed E-state index contributed by atoms with van der Waals surface area (Å²) >= 11 is 0. The Morgan fingerprint density at radius 3 is 2.66 bits per heavy atom. The van der Waals surface area contributed by atoms with Gasteiger partial charge in [0.2, 0.25) is 5.91 Å². The lowest BCUT2D eigenvalue weighted by molar-refractivity contribution is -0.133. The fraction of sp³-hybridized carbons (Fsp3) is 0.500. The normalized spacial score (nSPS) is 14.9. The third kappa shape index (κ3) is 4.22. The van der Waals surface area contributed by atoms with Crippen LogP contribution in [0.1, 0.15) is 31.5 Å². The summed E-state index contributed by atoms with van der Waals surface area (Å²) in [5.41, 5.74) is 0.280. The number of benzene rings is 1. The number of fused-ring (bicyclic) bond motifs is 1. The number of hydrogen-bond acceptors (Lipinski definition) is 6. The molecule has 1 aliphatic rings. The summed E-state index contributed by atoms with van der Waals surface area (Å²) in [5.74, 6) is 0.775. The summed E-state index contributed by atoms with van der Waals surface area (Å²) in [4.78, 5) is 44.1. The summed E-state index contributed by atoms with van der Waals surface area (Å²) in [6, 6.07) is 7.11. The van der Waals surface area contributed by atoms with E-state index in [1.807, 2.05) is 13.0 Å². The number of aromatic nitrogens is 5. The van der Waals surface area contributed by atoms with Crippen LogP contribution in [0.4, 0.5) is 0 Å². The lowest BCUT2D eigenvalue weighted by atomic mass is 9.96. The number of nitrogens with zero attached hydrogens (tertiary/aromatic N) is 6. The zero-order valence-corrected chi connectivity index (χ0v) is 18.4. The zero-order valence-electron chi connectivity index (χ0n) is 18.4. The van der Waals surface area contributed by atoms with Gasteiger partial charge in [-0.05, 0) is 31.9 Å². The van der Waals surface area contributed by atoms with Crippen LogP contribution < -0.4 is 11.2 Å². The van der Waals surface area contributed by atoms with Crippen molar-refractivity contribution in [2.45, 2.75) is 45.3 Å². The van der Waals surface area contributed by atoms with Crippen LogP contribution in [0.15, 0.2) is 40.2 Å². The van der Waals surface area contributed by atoms with Crippen LogP contribution in [-0.2, 0) is 29.2 Å². The first-order valence-electron chi connectivity index (χ1n) is 10.9. The van der Waals surface area contributed by atoms with Crippen molar-refractivity contribution >= 4 is 16.8 Å². The highest BCUT2D eigenvalue weighted by atomic mass is 16.5. The van der Waals surface area contributed by atoms with Gasteiger partial charge in [0.15, 0.2) is 0 Å². The van der Waals surface area contributed by atoms with E-state index < -0.39 is 0 Å². The molecule has 0 N–H and O–H groups in total. The minimum atomic E-state index is -0.215. The van der Waals surface area contributed by atoms with Gasteiger partial charge in [-0.25, -0.2) is 14.5 Å². The van der Waals surface area contributed by atoms with Gasteiger partial charge in [-0.2, -0.15) is 5.10 Å². The molecule has 0 radical (unpaired) electrons. The van der Waals surface area contributed by atoms with Gasteiger partial charge < -0.3 is 9.64 Å². The van der Waals surface area contributed by atoms with Gasteiger partial charge in [-0.1, -0.05) is 12.1 Å². The average molecular weight is 441 g/mol. The number of methoxy groups -OCH3 is 1. The Labute approximate surface area is 185 Å². The van der Waals surface area contributed by atoms with Crippen molar-refractivity contribution in [3.05, 3.63) is 57.3 Å². The molecule has 2 aromatic heterocycles. The number of piperidine rings is 1. The number of carbonyl (C=O) groups excluding carboxylic acids is 1. The Hall–Kier alpha value is -3.27. The molecule has 0 spiro atoms. The molecule has 3 heterocycles. The Morgan fingerprint density at radius 2 is 1.94 bits per heavy atom. The third-order valence-corrected chi connectivity index (χ3v) is 6.02. The number of para-hydroxylation sites is 1. The maximum Gasteiger partial charge on any atom is 0.345 e. The largest absolute Gasteiger partial charge is 0.383 e. The monoisotopic (exact) mass is 440 g/mol. The van der Waals surface area contributed by atoms with E-state index in [2.05, 4.69) is 10.1 Å². The molecule has 0 aliphatic carbocycles. The molecule has 1 saturated heterocycles. The van der Waals surface area contributed by atoms with Gasteiger partial charge >= 0.3 is 5.69 Å². The first-order valence-corrected chi connectivity index (χ1v) is 10.9. The first kappa shape index (κ1) is 21.9. The predicted molar refractivity (Wildman–Crippen MR) is 119 cm³/mol. The molecule has 4 rings (SSSR count). The lowest BCUT2D eigenvalue weighted by Crippen LogP contribution is -2.41. The summed E-state index contributed by atoms with van der Waals surface area (Å²) in [5, 5.41) is 5.05. The lowest BCUT2D eigenvalue weighted by Gasteiger charge is -2.31. The molecule has 32 heavy (non-hydrogen) atoms. The SMILES string of the molecule is CCn1c(C2CCN(C(=O)Cn3cnc4ccccc4c3=O)CC2)nn(CCOC)c1=O. The Bertz CT molecular complexity index is 1220. The van der Waals surface area contributed by atoms with E-state index in [4.69, 9.17) is 4.74 Å². The Kier molecular flexibility index (Phi) is 6.50. The molecule has 0 bridgehead atoms. The van der Waals surface area contributed by atoms with Crippen LogP contribution in [-0.4, -0.2) is 61.5 Å². The van der Waals surface area contributed by atoms with Crippen LogP contribution in [0, 0.1) is 0 Å². The summed E-state index contributed by atoms with van der Waals surface area (Å²) < 4.78 is 9.60. The van der Waals surface area contributed by atoms with Gasteiger partial charge in [0, 0.05) is 32.7 Å². The highest BCUT2D eigenvalue weighted by Gasteiger charge is 2.28. The first-order chi connectivity index (χ1) is 15.5. The highest BCUT2D eigenvalue weighted by Crippen LogP contribution is 2.26. The van der Waals surface area contributed by atoms with Gasteiger partial charge in [-0.3, -0.25) is 18.7 Å². The molecule has 10 heteroatoms. The van der Waals surface area contributed by atoms with Crippen molar-refractivity contribution in [3.8, 4) is 0 Å². The minimum absolute atomic E-state index is 0.0351. The zero-order chi connectivity index (χ0) is 22.7. The van der Waals surface area contributed by atoms with Gasteiger partial charge in [-0.15, -0.1) is 0 Å². The number of amides is 1. The highest BCUT2D eigenvalue weighted by molar-refractivity contribution is 5.79. The number of hydrogen-bond donors (Lipinski definition) is 0. The van der Waals surface area contributed by atoms with E-state index in [1.54, 1.807) is 34.8 Å². The van der Waals surface area contributed by atoms with Crippen molar-refractivity contribution in [3.63, 3.8) is 0 Å². The van der Waals surface area contributed by atoms with Gasteiger partial charge in [0.25, 0.3) is 5.56 Å². The smallest absolute Gasteiger partial charge is 0.345 e. The van der Waals surface area contributed by atoms with Crippen molar-refractivity contribution in [1.82, 2.24) is 28.8 Å². The molecule has 170 valence electrons. The van der Waals surface area contributed by atoms with E-state index in [9.17, 15) is 14.4 Å². The second-order valence-corrected chi connectivity index (χ2v) is 7.95. The Morgan fingerprint density at radius 1 is 1.19 bits per heavy atom. The van der Waals surface area contributed by atoms with Crippen LogP contribution >= 0.6 is 0 Å². The third-order valence-electron chi connectivity index (χ3n) is 6.02. The second kappa shape index (κ2) is 9.47. The fourth-order valence-electron chi connectivity index (χ4n) is 4.23. The number of ether oxygens (including phenoxy) is 1. The predicted octanol–water partition coefficient (Wildman–Crippen LogP) is 0.827. The molecule has 1 aromatic carbocycles. The number of carbonyl (C=O) groups is 1. The van der Waals surface area contributed by atoms with Crippen molar-refractivity contribution in [2.24, 2.45) is 0 Å². The van der Waals surface area contributed by atoms with E-state index in [0.29, 0.717) is 43.7 Å². The fourth-order valence-corrected chi connectivity index (χ4v) is 4.23. The topological polar surface area (TPSA) is 104 Å². The molecule has 0 saturated carbocycles. The molecule has 1 aliphatic heterocycles. The quantitative estimate of drug-likeness (QED) is 0.539. The molecular weight excluding hydrogens is 412 g/mol.